The number of rotatable bonds is 8. The van der Waals surface area contributed by atoms with E-state index in [1.54, 1.807) is 35.5 Å². The average molecular weight is 429 g/mol. The highest BCUT2D eigenvalue weighted by Crippen LogP contribution is 2.30. The molecule has 2 N–H and O–H groups in total. The van der Waals surface area contributed by atoms with Crippen LogP contribution in [0.5, 0.6) is 23.0 Å². The Morgan fingerprint density at radius 2 is 1.68 bits per heavy atom. The molecule has 0 amide bonds. The molecular weight excluding hydrogens is 396 g/mol. The van der Waals surface area contributed by atoms with Crippen molar-refractivity contribution in [2.75, 3.05) is 53.5 Å². The molecule has 8 nitrogen and oxygen atoms in total. The van der Waals surface area contributed by atoms with Crippen LogP contribution in [0.4, 0.5) is 5.69 Å². The first-order valence-electron chi connectivity index (χ1n) is 10.3. The predicted octanol–water partition coefficient (Wildman–Crippen LogP) is 2.66. The van der Waals surface area contributed by atoms with Crippen LogP contribution >= 0.6 is 0 Å². The SMILES string of the molecule is CN=C(NCc1ccc(OC)cc1OC)NC1CCN(c2cc(OC)cc(OC)c2)C1. The van der Waals surface area contributed by atoms with Gasteiger partial charge in [0.2, 0.25) is 0 Å². The molecule has 1 unspecified atom stereocenters. The Bertz CT molecular complexity index is 881. The maximum Gasteiger partial charge on any atom is 0.191 e. The summed E-state index contributed by atoms with van der Waals surface area (Å²) in [5, 5.41) is 6.90. The van der Waals surface area contributed by atoms with E-state index in [1.165, 1.54) is 0 Å². The molecule has 0 aromatic heterocycles. The van der Waals surface area contributed by atoms with Crippen LogP contribution in [0, 0.1) is 0 Å². The van der Waals surface area contributed by atoms with E-state index in [0.29, 0.717) is 6.54 Å². The first-order valence-corrected chi connectivity index (χ1v) is 10.3. The number of nitrogens with one attached hydrogen (secondary N) is 2. The lowest BCUT2D eigenvalue weighted by Crippen LogP contribution is -2.44. The smallest absolute Gasteiger partial charge is 0.191 e. The predicted molar refractivity (Wildman–Crippen MR) is 123 cm³/mol. The Balaban J connectivity index is 1.59. The third-order valence-electron chi connectivity index (χ3n) is 5.39. The van der Waals surface area contributed by atoms with Gasteiger partial charge in [-0.1, -0.05) is 0 Å². The number of hydrogen-bond donors (Lipinski definition) is 2. The monoisotopic (exact) mass is 428 g/mol. The Hall–Kier alpha value is -3.29. The average Bonchev–Trinajstić information content (AvgIpc) is 3.29. The van der Waals surface area contributed by atoms with Gasteiger partial charge in [0.05, 0.1) is 28.4 Å². The maximum absolute atomic E-state index is 5.48. The van der Waals surface area contributed by atoms with E-state index in [9.17, 15) is 0 Å². The van der Waals surface area contributed by atoms with Crippen molar-refractivity contribution in [3.05, 3.63) is 42.0 Å². The second-order valence-electron chi connectivity index (χ2n) is 7.25. The van der Waals surface area contributed by atoms with Crippen molar-refractivity contribution in [1.29, 1.82) is 0 Å². The third-order valence-corrected chi connectivity index (χ3v) is 5.39. The van der Waals surface area contributed by atoms with Gasteiger partial charge in [0.1, 0.15) is 23.0 Å². The van der Waals surface area contributed by atoms with Gasteiger partial charge in [0, 0.05) is 68.2 Å². The number of methoxy groups -OCH3 is 4. The van der Waals surface area contributed by atoms with Crippen molar-refractivity contribution >= 4 is 11.6 Å². The van der Waals surface area contributed by atoms with Crippen LogP contribution in [0.25, 0.3) is 0 Å². The minimum absolute atomic E-state index is 0.279. The van der Waals surface area contributed by atoms with Crippen molar-refractivity contribution in [3.63, 3.8) is 0 Å². The standard InChI is InChI=1S/C23H32N4O4/c1-24-23(25-14-16-6-7-19(28-2)13-22(16)31-5)26-17-8-9-27(15-17)18-10-20(29-3)12-21(11-18)30-4/h6-7,10-13,17H,8-9,14-15H2,1-5H3,(H2,24,25,26). The number of anilines is 1. The number of aliphatic imine (C=N–C) groups is 1. The zero-order valence-electron chi connectivity index (χ0n) is 18.9. The van der Waals surface area contributed by atoms with Gasteiger partial charge in [-0.2, -0.15) is 0 Å². The fourth-order valence-corrected chi connectivity index (χ4v) is 3.65. The van der Waals surface area contributed by atoms with Gasteiger partial charge in [0.15, 0.2) is 5.96 Å². The van der Waals surface area contributed by atoms with Crippen molar-refractivity contribution in [3.8, 4) is 23.0 Å². The van der Waals surface area contributed by atoms with E-state index < -0.39 is 0 Å². The molecule has 0 aliphatic carbocycles. The Labute approximate surface area is 184 Å². The Morgan fingerprint density at radius 3 is 2.29 bits per heavy atom. The summed E-state index contributed by atoms with van der Waals surface area (Å²) in [7, 11) is 8.41. The Kier molecular flexibility index (Phi) is 7.70. The molecule has 2 aromatic carbocycles. The van der Waals surface area contributed by atoms with Crippen molar-refractivity contribution in [2.24, 2.45) is 4.99 Å². The van der Waals surface area contributed by atoms with E-state index in [4.69, 9.17) is 18.9 Å². The van der Waals surface area contributed by atoms with E-state index >= 15 is 0 Å². The van der Waals surface area contributed by atoms with Crippen molar-refractivity contribution < 1.29 is 18.9 Å². The van der Waals surface area contributed by atoms with Crippen LogP contribution in [0.15, 0.2) is 41.4 Å². The van der Waals surface area contributed by atoms with Crippen molar-refractivity contribution in [2.45, 2.75) is 19.0 Å². The van der Waals surface area contributed by atoms with Crippen LogP contribution in [0.3, 0.4) is 0 Å². The van der Waals surface area contributed by atoms with E-state index in [1.807, 2.05) is 36.4 Å². The summed E-state index contributed by atoms with van der Waals surface area (Å²) in [5.74, 6) is 3.88. The molecule has 8 heteroatoms. The van der Waals surface area contributed by atoms with Crippen LogP contribution < -0.4 is 34.5 Å². The summed E-state index contributed by atoms with van der Waals surface area (Å²) >= 11 is 0. The third kappa shape index (κ3) is 5.65. The quantitative estimate of drug-likeness (QED) is 0.494. The zero-order chi connectivity index (χ0) is 22.2. The van der Waals surface area contributed by atoms with Crippen LogP contribution in [0.1, 0.15) is 12.0 Å². The molecule has 1 fully saturated rings. The van der Waals surface area contributed by atoms with Gasteiger partial charge >= 0.3 is 0 Å². The van der Waals surface area contributed by atoms with Crippen LogP contribution in [-0.2, 0) is 6.54 Å². The summed E-state index contributed by atoms with van der Waals surface area (Å²) in [5.41, 5.74) is 2.12. The molecule has 2 aromatic rings. The van der Waals surface area contributed by atoms with E-state index in [2.05, 4.69) is 20.5 Å². The van der Waals surface area contributed by atoms with E-state index in [-0.39, 0.29) is 6.04 Å². The number of hydrogen-bond acceptors (Lipinski definition) is 6. The van der Waals surface area contributed by atoms with Crippen molar-refractivity contribution in [1.82, 2.24) is 10.6 Å². The second-order valence-corrected chi connectivity index (χ2v) is 7.25. The zero-order valence-corrected chi connectivity index (χ0v) is 18.9. The van der Waals surface area contributed by atoms with Gasteiger partial charge in [-0.3, -0.25) is 4.99 Å². The molecule has 1 saturated heterocycles. The van der Waals surface area contributed by atoms with Gasteiger partial charge in [-0.05, 0) is 18.6 Å². The molecule has 0 bridgehead atoms. The lowest BCUT2D eigenvalue weighted by molar-refractivity contribution is 0.390. The molecular formula is C23H32N4O4. The highest BCUT2D eigenvalue weighted by atomic mass is 16.5. The second kappa shape index (κ2) is 10.7. The summed E-state index contributed by atoms with van der Waals surface area (Å²) in [4.78, 5) is 6.70. The summed E-state index contributed by atoms with van der Waals surface area (Å²) in [6, 6.07) is 12.0. The Morgan fingerprint density at radius 1 is 0.968 bits per heavy atom. The van der Waals surface area contributed by atoms with Gasteiger partial charge in [-0.25, -0.2) is 0 Å². The van der Waals surface area contributed by atoms with Gasteiger partial charge in [-0.15, -0.1) is 0 Å². The van der Waals surface area contributed by atoms with Gasteiger partial charge in [0.25, 0.3) is 0 Å². The maximum atomic E-state index is 5.48. The van der Waals surface area contributed by atoms with Crippen LogP contribution in [0.2, 0.25) is 0 Å². The summed E-state index contributed by atoms with van der Waals surface area (Å²) in [6.45, 7) is 2.40. The molecule has 168 valence electrons. The topological polar surface area (TPSA) is 76.6 Å². The first kappa shape index (κ1) is 22.4. The minimum atomic E-state index is 0.279. The number of ether oxygens (including phenoxy) is 4. The fourth-order valence-electron chi connectivity index (χ4n) is 3.65. The molecule has 1 heterocycles. The molecule has 1 aliphatic rings. The molecule has 0 spiro atoms. The normalized spacial score (nSPS) is 16.1. The highest BCUT2D eigenvalue weighted by Gasteiger charge is 2.24. The highest BCUT2D eigenvalue weighted by molar-refractivity contribution is 5.80. The largest absolute Gasteiger partial charge is 0.497 e. The van der Waals surface area contributed by atoms with E-state index in [0.717, 1.165) is 59.7 Å². The molecule has 1 atom stereocenters. The molecule has 3 rings (SSSR count). The number of guanidine groups is 1. The number of nitrogens with zero attached hydrogens (tertiary/aromatic N) is 2. The lowest BCUT2D eigenvalue weighted by Gasteiger charge is -2.21. The molecule has 0 radical (unpaired) electrons. The lowest BCUT2D eigenvalue weighted by atomic mass is 10.2. The summed E-state index contributed by atoms with van der Waals surface area (Å²) < 4.78 is 21.6. The first-order chi connectivity index (χ1) is 15.1. The molecule has 0 saturated carbocycles. The number of benzene rings is 2. The fraction of sp³-hybridized carbons (Fsp3) is 0.435. The molecule has 31 heavy (non-hydrogen) atoms. The summed E-state index contributed by atoms with van der Waals surface area (Å²) in [6.07, 6.45) is 1.01. The molecule has 1 aliphatic heterocycles. The van der Waals surface area contributed by atoms with Gasteiger partial charge < -0.3 is 34.5 Å². The minimum Gasteiger partial charge on any atom is -0.497 e. The van der Waals surface area contributed by atoms with Crippen LogP contribution in [-0.4, -0.2) is 60.6 Å².